The molecule has 5 N–H and O–H groups in total. The zero-order valence-corrected chi connectivity index (χ0v) is 14.6. The zero-order chi connectivity index (χ0) is 17.5. The molecule has 1 atom stereocenters. The standard InChI is InChI=1S/C18H28FN5/c1-13(15-5-7-16(19)8-6-15)17(21)18(23-14(2)20)22-9-12-24-10-3-4-11-24/h5-8,13,22H,3-4,9-12,21H2,1-2H3,(H2,20,23)/b18-17-. The lowest BCUT2D eigenvalue weighted by Crippen LogP contribution is -2.31. The predicted octanol–water partition coefficient (Wildman–Crippen LogP) is 2.12. The molecule has 24 heavy (non-hydrogen) atoms. The van der Waals surface area contributed by atoms with E-state index in [0.29, 0.717) is 17.4 Å². The number of rotatable bonds is 7. The predicted molar refractivity (Wildman–Crippen MR) is 97.0 cm³/mol. The van der Waals surface area contributed by atoms with Gasteiger partial charge in [0.1, 0.15) is 11.6 Å². The van der Waals surface area contributed by atoms with Gasteiger partial charge in [0.15, 0.2) is 0 Å². The van der Waals surface area contributed by atoms with Crippen molar-refractivity contribution < 1.29 is 4.39 Å². The number of nitrogens with zero attached hydrogens (tertiary/aromatic N) is 2. The Hall–Kier alpha value is -2.08. The molecule has 1 heterocycles. The summed E-state index contributed by atoms with van der Waals surface area (Å²) in [6.07, 6.45) is 2.54. The molecular weight excluding hydrogens is 305 g/mol. The molecule has 1 aliphatic heterocycles. The number of hydrogen-bond acceptors (Lipinski definition) is 4. The van der Waals surface area contributed by atoms with Crippen LogP contribution in [0, 0.1) is 5.82 Å². The summed E-state index contributed by atoms with van der Waals surface area (Å²) in [6.45, 7) is 7.75. The number of nitrogens with two attached hydrogens (primary N) is 2. The molecule has 5 nitrogen and oxygen atoms in total. The number of likely N-dealkylation sites (tertiary alicyclic amines) is 1. The molecule has 1 unspecified atom stereocenters. The topological polar surface area (TPSA) is 79.7 Å². The van der Waals surface area contributed by atoms with Crippen LogP contribution in [0.3, 0.4) is 0 Å². The number of nitrogens with one attached hydrogen (secondary N) is 1. The highest BCUT2D eigenvalue weighted by Gasteiger charge is 2.15. The first-order valence-corrected chi connectivity index (χ1v) is 8.49. The minimum absolute atomic E-state index is 0.0806. The summed E-state index contributed by atoms with van der Waals surface area (Å²) in [4.78, 5) is 6.77. The molecule has 0 saturated carbocycles. The van der Waals surface area contributed by atoms with Gasteiger partial charge < -0.3 is 21.7 Å². The molecule has 2 rings (SSSR count). The first kappa shape index (κ1) is 18.3. The second kappa shape index (κ2) is 8.68. The van der Waals surface area contributed by atoms with Crippen molar-refractivity contribution in [2.24, 2.45) is 16.5 Å². The normalized spacial score (nSPS) is 18.4. The van der Waals surface area contributed by atoms with Gasteiger partial charge >= 0.3 is 0 Å². The second-order valence-corrected chi connectivity index (χ2v) is 6.31. The largest absolute Gasteiger partial charge is 0.399 e. The molecule has 0 radical (unpaired) electrons. The van der Waals surface area contributed by atoms with Gasteiger partial charge in [0.25, 0.3) is 0 Å². The van der Waals surface area contributed by atoms with E-state index in [9.17, 15) is 4.39 Å². The van der Waals surface area contributed by atoms with Gasteiger partial charge in [0, 0.05) is 19.0 Å². The maximum atomic E-state index is 13.1. The van der Waals surface area contributed by atoms with Gasteiger partial charge in [-0.3, -0.25) is 0 Å². The van der Waals surface area contributed by atoms with E-state index in [1.54, 1.807) is 19.1 Å². The summed E-state index contributed by atoms with van der Waals surface area (Å²) in [6, 6.07) is 6.37. The molecule has 1 aromatic rings. The molecule has 0 aromatic heterocycles. The van der Waals surface area contributed by atoms with E-state index in [2.05, 4.69) is 15.2 Å². The highest BCUT2D eigenvalue weighted by Crippen LogP contribution is 2.22. The van der Waals surface area contributed by atoms with Crippen LogP contribution < -0.4 is 16.8 Å². The Balaban J connectivity index is 2.09. The quantitative estimate of drug-likeness (QED) is 0.527. The van der Waals surface area contributed by atoms with Gasteiger partial charge in [-0.25, -0.2) is 9.38 Å². The minimum Gasteiger partial charge on any atom is -0.399 e. The van der Waals surface area contributed by atoms with Crippen LogP contribution in [-0.4, -0.2) is 36.9 Å². The van der Waals surface area contributed by atoms with Crippen LogP contribution in [0.2, 0.25) is 0 Å². The Morgan fingerprint density at radius 3 is 2.46 bits per heavy atom. The van der Waals surface area contributed by atoms with Crippen LogP contribution in [0.25, 0.3) is 0 Å². The van der Waals surface area contributed by atoms with E-state index < -0.39 is 0 Å². The van der Waals surface area contributed by atoms with E-state index in [-0.39, 0.29) is 11.7 Å². The Bertz CT molecular complexity index is 584. The fourth-order valence-electron chi connectivity index (χ4n) is 2.86. The first-order chi connectivity index (χ1) is 11.5. The van der Waals surface area contributed by atoms with Crippen molar-refractivity contribution in [3.8, 4) is 0 Å². The lowest BCUT2D eigenvalue weighted by molar-refractivity contribution is 0.340. The van der Waals surface area contributed by atoms with Gasteiger partial charge in [0.2, 0.25) is 0 Å². The van der Waals surface area contributed by atoms with Gasteiger partial charge in [-0.05, 0) is 50.6 Å². The van der Waals surface area contributed by atoms with Crippen LogP contribution in [0.5, 0.6) is 0 Å². The monoisotopic (exact) mass is 333 g/mol. The minimum atomic E-state index is -0.256. The molecule has 1 aromatic carbocycles. The van der Waals surface area contributed by atoms with Gasteiger partial charge in [-0.2, -0.15) is 0 Å². The van der Waals surface area contributed by atoms with Crippen LogP contribution in [-0.2, 0) is 0 Å². The van der Waals surface area contributed by atoms with E-state index >= 15 is 0 Å². The van der Waals surface area contributed by atoms with Crippen LogP contribution in [0.15, 0.2) is 40.8 Å². The summed E-state index contributed by atoms with van der Waals surface area (Å²) >= 11 is 0. The molecule has 132 valence electrons. The molecule has 0 amide bonds. The molecule has 0 spiro atoms. The molecule has 6 heteroatoms. The average Bonchev–Trinajstić information content (AvgIpc) is 3.06. The second-order valence-electron chi connectivity index (χ2n) is 6.31. The Morgan fingerprint density at radius 2 is 1.88 bits per heavy atom. The van der Waals surface area contributed by atoms with Crippen molar-refractivity contribution in [3.63, 3.8) is 0 Å². The Kier molecular flexibility index (Phi) is 6.61. The summed E-state index contributed by atoms with van der Waals surface area (Å²) in [5.74, 6) is 0.718. The van der Waals surface area contributed by atoms with Crippen LogP contribution in [0.1, 0.15) is 38.2 Å². The van der Waals surface area contributed by atoms with E-state index in [0.717, 1.165) is 31.7 Å². The number of allylic oxidation sites excluding steroid dienone is 1. The number of hydrogen-bond donors (Lipinski definition) is 3. The van der Waals surface area contributed by atoms with Crippen LogP contribution in [0.4, 0.5) is 4.39 Å². The summed E-state index contributed by atoms with van der Waals surface area (Å²) < 4.78 is 13.1. The van der Waals surface area contributed by atoms with Crippen molar-refractivity contribution in [3.05, 3.63) is 47.2 Å². The summed E-state index contributed by atoms with van der Waals surface area (Å²) in [7, 11) is 0. The highest BCUT2D eigenvalue weighted by atomic mass is 19.1. The van der Waals surface area contributed by atoms with E-state index in [1.165, 1.54) is 25.0 Å². The molecule has 1 aliphatic rings. The number of benzene rings is 1. The smallest absolute Gasteiger partial charge is 0.147 e. The van der Waals surface area contributed by atoms with Gasteiger partial charge in [-0.15, -0.1) is 0 Å². The summed E-state index contributed by atoms with van der Waals surface area (Å²) in [5.41, 5.74) is 13.6. The fraction of sp³-hybridized carbons (Fsp3) is 0.500. The SMILES string of the molecule is C/C(N)=N/C(NCCN1CCCC1)=C(\N)C(C)c1ccc(F)cc1. The number of aliphatic imine (C=N–C) groups is 1. The lowest BCUT2D eigenvalue weighted by atomic mass is 9.98. The average molecular weight is 333 g/mol. The van der Waals surface area contributed by atoms with Crippen molar-refractivity contribution in [1.82, 2.24) is 10.2 Å². The van der Waals surface area contributed by atoms with Gasteiger partial charge in [-0.1, -0.05) is 19.1 Å². The zero-order valence-electron chi connectivity index (χ0n) is 14.6. The van der Waals surface area contributed by atoms with Gasteiger partial charge in [0.05, 0.1) is 11.5 Å². The third-order valence-corrected chi connectivity index (χ3v) is 4.32. The van der Waals surface area contributed by atoms with E-state index in [4.69, 9.17) is 11.5 Å². The first-order valence-electron chi connectivity index (χ1n) is 8.49. The molecule has 1 saturated heterocycles. The highest BCUT2D eigenvalue weighted by molar-refractivity contribution is 5.78. The fourth-order valence-corrected chi connectivity index (χ4v) is 2.86. The molecule has 0 aliphatic carbocycles. The maximum Gasteiger partial charge on any atom is 0.147 e. The molecule has 0 bridgehead atoms. The van der Waals surface area contributed by atoms with E-state index in [1.807, 2.05) is 6.92 Å². The van der Waals surface area contributed by atoms with Crippen molar-refractivity contribution in [1.29, 1.82) is 0 Å². The Morgan fingerprint density at radius 1 is 1.25 bits per heavy atom. The van der Waals surface area contributed by atoms with Crippen molar-refractivity contribution >= 4 is 5.84 Å². The van der Waals surface area contributed by atoms with Crippen LogP contribution >= 0.6 is 0 Å². The Labute approximate surface area is 143 Å². The number of amidine groups is 1. The number of halogens is 1. The lowest BCUT2D eigenvalue weighted by Gasteiger charge is -2.19. The summed E-state index contributed by atoms with van der Waals surface area (Å²) in [5, 5.41) is 3.31. The third kappa shape index (κ3) is 5.23. The van der Waals surface area contributed by atoms with Crippen molar-refractivity contribution in [2.45, 2.75) is 32.6 Å². The molecular formula is C18H28FN5. The molecule has 1 fully saturated rings. The van der Waals surface area contributed by atoms with Crippen molar-refractivity contribution in [2.75, 3.05) is 26.2 Å². The maximum absolute atomic E-state index is 13.1. The third-order valence-electron chi connectivity index (χ3n) is 4.32.